The van der Waals surface area contributed by atoms with Crippen molar-refractivity contribution in [2.75, 3.05) is 24.5 Å². The lowest BCUT2D eigenvalue weighted by Crippen LogP contribution is -2.38. The van der Waals surface area contributed by atoms with Crippen molar-refractivity contribution >= 4 is 5.69 Å². The number of piperidine rings is 1. The van der Waals surface area contributed by atoms with Crippen LogP contribution < -0.4 is 10.2 Å². The Hall–Kier alpha value is -1.09. The van der Waals surface area contributed by atoms with Gasteiger partial charge < -0.3 is 10.2 Å². The third kappa shape index (κ3) is 3.95. The van der Waals surface area contributed by atoms with Gasteiger partial charge in [0, 0.05) is 25.3 Å². The Labute approximate surface area is 122 Å². The van der Waals surface area contributed by atoms with Gasteiger partial charge in [-0.1, -0.05) is 20.8 Å². The molecule has 1 aliphatic heterocycles. The minimum Gasteiger partial charge on any atom is -0.371 e. The molecule has 2 nitrogen and oxygen atoms in total. The molecule has 1 heterocycles. The predicted octanol–water partition coefficient (Wildman–Crippen LogP) is 3.81. The molecule has 2 unspecified atom stereocenters. The van der Waals surface area contributed by atoms with E-state index in [1.165, 1.54) is 6.42 Å². The van der Waals surface area contributed by atoms with Crippen LogP contribution in [-0.2, 0) is 6.54 Å². The molecule has 2 atom stereocenters. The van der Waals surface area contributed by atoms with E-state index in [0.717, 1.165) is 49.8 Å². The molecule has 1 N–H and O–H groups in total. The fraction of sp³-hybridized carbons (Fsp3) is 0.647. The summed E-state index contributed by atoms with van der Waals surface area (Å²) in [6, 6.07) is 5.45. The number of hydrogen-bond acceptors (Lipinski definition) is 2. The van der Waals surface area contributed by atoms with Crippen molar-refractivity contribution in [3.8, 4) is 0 Å². The highest BCUT2D eigenvalue weighted by Gasteiger charge is 2.23. The van der Waals surface area contributed by atoms with E-state index in [1.807, 2.05) is 0 Å². The second-order valence-electron chi connectivity index (χ2n) is 6.18. The first kappa shape index (κ1) is 15.3. The zero-order valence-electron chi connectivity index (χ0n) is 13.0. The van der Waals surface area contributed by atoms with Crippen molar-refractivity contribution in [1.82, 2.24) is 5.32 Å². The van der Waals surface area contributed by atoms with Crippen LogP contribution in [0.1, 0.15) is 39.2 Å². The number of hydrogen-bond donors (Lipinski definition) is 1. The molecule has 0 radical (unpaired) electrons. The largest absolute Gasteiger partial charge is 0.371 e. The minimum atomic E-state index is -0.123. The van der Waals surface area contributed by atoms with Gasteiger partial charge in [0.2, 0.25) is 0 Å². The predicted molar refractivity (Wildman–Crippen MR) is 83.6 cm³/mol. The third-order valence-electron chi connectivity index (χ3n) is 4.40. The molecule has 0 amide bonds. The summed E-state index contributed by atoms with van der Waals surface area (Å²) < 4.78 is 13.8. The molecule has 0 saturated carbocycles. The van der Waals surface area contributed by atoms with Gasteiger partial charge >= 0.3 is 0 Å². The molecule has 20 heavy (non-hydrogen) atoms. The summed E-state index contributed by atoms with van der Waals surface area (Å²) in [6.45, 7) is 10.5. The zero-order valence-corrected chi connectivity index (χ0v) is 13.0. The molecule has 0 spiro atoms. The summed E-state index contributed by atoms with van der Waals surface area (Å²) in [5.41, 5.74) is 2.08. The molecule has 112 valence electrons. The fourth-order valence-corrected chi connectivity index (χ4v) is 2.82. The van der Waals surface area contributed by atoms with Crippen molar-refractivity contribution in [2.45, 2.75) is 40.2 Å². The Morgan fingerprint density at radius 3 is 2.75 bits per heavy atom. The summed E-state index contributed by atoms with van der Waals surface area (Å²) in [5, 5.41) is 3.34. The highest BCUT2D eigenvalue weighted by atomic mass is 19.1. The van der Waals surface area contributed by atoms with Gasteiger partial charge in [0.1, 0.15) is 5.82 Å². The molecule has 1 fully saturated rings. The van der Waals surface area contributed by atoms with Crippen LogP contribution in [0.3, 0.4) is 0 Å². The molecule has 0 aliphatic carbocycles. The average molecular weight is 278 g/mol. The van der Waals surface area contributed by atoms with E-state index < -0.39 is 0 Å². The van der Waals surface area contributed by atoms with Crippen molar-refractivity contribution in [3.63, 3.8) is 0 Å². The Balaban J connectivity index is 2.07. The summed E-state index contributed by atoms with van der Waals surface area (Å²) in [4.78, 5) is 2.33. The molecule has 2 rings (SSSR count). The van der Waals surface area contributed by atoms with Gasteiger partial charge in [0.05, 0.1) is 0 Å². The van der Waals surface area contributed by atoms with Crippen LogP contribution >= 0.6 is 0 Å². The molecule has 1 aromatic carbocycles. The van der Waals surface area contributed by atoms with Crippen molar-refractivity contribution in [2.24, 2.45) is 11.8 Å². The minimum absolute atomic E-state index is 0.123. The van der Waals surface area contributed by atoms with Crippen molar-refractivity contribution in [3.05, 3.63) is 29.6 Å². The van der Waals surface area contributed by atoms with E-state index >= 15 is 0 Å². The SMILES string of the molecule is CCCNCc1cc(F)cc(N2CCC(C)C(C)C2)c1. The van der Waals surface area contributed by atoms with Crippen LogP contribution in [0.25, 0.3) is 0 Å². The molecular formula is C17H27FN2. The van der Waals surface area contributed by atoms with E-state index in [9.17, 15) is 4.39 Å². The molecular weight excluding hydrogens is 251 g/mol. The lowest BCUT2D eigenvalue weighted by molar-refractivity contribution is 0.323. The van der Waals surface area contributed by atoms with Gasteiger partial charge in [-0.3, -0.25) is 0 Å². The first-order chi connectivity index (χ1) is 9.60. The number of rotatable bonds is 5. The summed E-state index contributed by atoms with van der Waals surface area (Å²) >= 11 is 0. The van der Waals surface area contributed by atoms with E-state index in [1.54, 1.807) is 12.1 Å². The Morgan fingerprint density at radius 2 is 2.05 bits per heavy atom. The van der Waals surface area contributed by atoms with Crippen molar-refractivity contribution in [1.29, 1.82) is 0 Å². The number of nitrogens with one attached hydrogen (secondary N) is 1. The molecule has 0 bridgehead atoms. The standard InChI is InChI=1S/C17H27FN2/c1-4-6-19-11-15-8-16(18)10-17(9-15)20-7-5-13(2)14(3)12-20/h8-10,13-14,19H,4-7,11-12H2,1-3H3. The van der Waals surface area contributed by atoms with Crippen LogP contribution in [0.15, 0.2) is 18.2 Å². The van der Waals surface area contributed by atoms with Crippen LogP contribution in [-0.4, -0.2) is 19.6 Å². The second-order valence-corrected chi connectivity index (χ2v) is 6.18. The van der Waals surface area contributed by atoms with E-state index in [0.29, 0.717) is 5.92 Å². The maximum Gasteiger partial charge on any atom is 0.125 e. The Morgan fingerprint density at radius 1 is 1.25 bits per heavy atom. The van der Waals surface area contributed by atoms with E-state index in [4.69, 9.17) is 0 Å². The van der Waals surface area contributed by atoms with E-state index in [2.05, 4.69) is 37.1 Å². The molecule has 1 saturated heterocycles. The van der Waals surface area contributed by atoms with Crippen LogP contribution in [0.5, 0.6) is 0 Å². The monoisotopic (exact) mass is 278 g/mol. The smallest absolute Gasteiger partial charge is 0.125 e. The molecule has 1 aromatic rings. The normalized spacial score (nSPS) is 23.1. The van der Waals surface area contributed by atoms with Crippen LogP contribution in [0.2, 0.25) is 0 Å². The summed E-state index contributed by atoms with van der Waals surface area (Å²) in [6.07, 6.45) is 2.30. The van der Waals surface area contributed by atoms with Gasteiger partial charge in [0.15, 0.2) is 0 Å². The first-order valence-electron chi connectivity index (χ1n) is 7.85. The quantitative estimate of drug-likeness (QED) is 0.824. The summed E-state index contributed by atoms with van der Waals surface area (Å²) in [7, 11) is 0. The van der Waals surface area contributed by atoms with Gasteiger partial charge in [-0.05, 0) is 55.0 Å². The molecule has 1 aliphatic rings. The van der Waals surface area contributed by atoms with Gasteiger partial charge in [0.25, 0.3) is 0 Å². The maximum absolute atomic E-state index is 13.8. The topological polar surface area (TPSA) is 15.3 Å². The van der Waals surface area contributed by atoms with E-state index in [-0.39, 0.29) is 5.82 Å². The number of nitrogens with zero attached hydrogens (tertiary/aromatic N) is 1. The zero-order chi connectivity index (χ0) is 14.5. The van der Waals surface area contributed by atoms with Gasteiger partial charge in [-0.25, -0.2) is 4.39 Å². The molecule has 3 heteroatoms. The third-order valence-corrected chi connectivity index (χ3v) is 4.40. The van der Waals surface area contributed by atoms with Crippen LogP contribution in [0, 0.1) is 17.7 Å². The van der Waals surface area contributed by atoms with Crippen molar-refractivity contribution < 1.29 is 4.39 Å². The maximum atomic E-state index is 13.8. The number of benzene rings is 1. The number of halogens is 1. The number of anilines is 1. The Bertz CT molecular complexity index is 433. The summed E-state index contributed by atoms with van der Waals surface area (Å²) in [5.74, 6) is 1.32. The van der Waals surface area contributed by atoms with Crippen LogP contribution in [0.4, 0.5) is 10.1 Å². The lowest BCUT2D eigenvalue weighted by atomic mass is 9.88. The lowest BCUT2D eigenvalue weighted by Gasteiger charge is -2.37. The second kappa shape index (κ2) is 7.07. The highest BCUT2D eigenvalue weighted by Crippen LogP contribution is 2.28. The molecule has 0 aromatic heterocycles. The highest BCUT2D eigenvalue weighted by molar-refractivity contribution is 5.49. The Kier molecular flexibility index (Phi) is 5.41. The first-order valence-corrected chi connectivity index (χ1v) is 7.85. The van der Waals surface area contributed by atoms with Gasteiger partial charge in [-0.2, -0.15) is 0 Å². The van der Waals surface area contributed by atoms with Gasteiger partial charge in [-0.15, -0.1) is 0 Å². The fourth-order valence-electron chi connectivity index (χ4n) is 2.82. The average Bonchev–Trinajstić information content (AvgIpc) is 2.41.